The van der Waals surface area contributed by atoms with Crippen molar-refractivity contribution in [1.29, 1.82) is 0 Å². The Bertz CT molecular complexity index is 621. The maximum absolute atomic E-state index is 13.1. The van der Waals surface area contributed by atoms with Gasteiger partial charge in [0.15, 0.2) is 0 Å². The van der Waals surface area contributed by atoms with E-state index in [1.54, 1.807) is 0 Å². The van der Waals surface area contributed by atoms with Gasteiger partial charge in [-0.2, -0.15) is 8.42 Å². The van der Waals surface area contributed by atoms with E-state index >= 15 is 0 Å². The lowest BCUT2D eigenvalue weighted by atomic mass is 10.0. The van der Waals surface area contributed by atoms with Crippen LogP contribution in [-0.2, 0) is 18.8 Å². The van der Waals surface area contributed by atoms with Gasteiger partial charge in [-0.05, 0) is 67.7 Å². The lowest BCUT2D eigenvalue weighted by Crippen LogP contribution is -2.50. The van der Waals surface area contributed by atoms with Crippen molar-refractivity contribution in [2.75, 3.05) is 28.2 Å². The quantitative estimate of drug-likeness (QED) is 0.0683. The number of nitrogens with zero attached hydrogens (tertiary/aromatic N) is 2. The second-order valence-electron chi connectivity index (χ2n) is 12.6. The maximum Gasteiger partial charge on any atom is 0.403 e. The Balaban J connectivity index is 4.57. The van der Waals surface area contributed by atoms with Gasteiger partial charge in [0, 0.05) is 0 Å². The average Bonchev–Trinajstić information content (AvgIpc) is 2.85. The lowest BCUT2D eigenvalue weighted by molar-refractivity contribution is -0.0929. The Labute approximate surface area is 245 Å². The molecule has 0 radical (unpaired) electrons. The summed E-state index contributed by atoms with van der Waals surface area (Å²) in [5, 5.41) is 0. The van der Waals surface area contributed by atoms with Crippen molar-refractivity contribution in [2.24, 2.45) is 0 Å². The molecule has 0 aliphatic carbocycles. The molecule has 2 atom stereocenters. The third-order valence-corrected chi connectivity index (χ3v) is 9.57. The summed E-state index contributed by atoms with van der Waals surface area (Å²) in [5.41, 5.74) is -1.85. The van der Waals surface area contributed by atoms with E-state index in [0.717, 1.165) is 25.7 Å². The molecule has 0 N–H and O–H groups in total. The molecule has 0 aliphatic rings. The van der Waals surface area contributed by atoms with E-state index < -0.39 is 21.8 Å². The minimum Gasteiger partial charge on any atom is -0.281 e. The summed E-state index contributed by atoms with van der Waals surface area (Å²) in [6, 6.07) is 0. The van der Waals surface area contributed by atoms with Crippen LogP contribution in [0.5, 0.6) is 0 Å². The predicted molar refractivity (Wildman–Crippen MR) is 168 cm³/mol. The molecule has 0 saturated heterocycles. The molecule has 0 heterocycles. The molecule has 0 spiro atoms. The van der Waals surface area contributed by atoms with Crippen molar-refractivity contribution in [3.8, 4) is 0 Å². The Morgan fingerprint density at radius 2 is 0.692 bits per heavy atom. The Morgan fingerprint density at radius 1 is 0.462 bits per heavy atom. The van der Waals surface area contributed by atoms with Crippen molar-refractivity contribution in [3.63, 3.8) is 0 Å². The Hall–Kier alpha value is -0.210. The number of hydrogen-bond donors (Lipinski definition) is 0. The van der Waals surface area contributed by atoms with Crippen molar-refractivity contribution in [1.82, 2.24) is 9.80 Å². The monoisotopic (exact) mass is 576 g/mol. The summed E-state index contributed by atoms with van der Waals surface area (Å²) in [6.45, 7) is 8.22. The van der Waals surface area contributed by atoms with E-state index in [0.29, 0.717) is 12.8 Å². The highest BCUT2D eigenvalue weighted by atomic mass is 32.3. The fourth-order valence-electron chi connectivity index (χ4n) is 5.02. The third-order valence-electron chi connectivity index (χ3n) is 8.44. The summed E-state index contributed by atoms with van der Waals surface area (Å²) in [5.74, 6) is 0. The second-order valence-corrected chi connectivity index (χ2v) is 13.7. The lowest BCUT2D eigenvalue weighted by Gasteiger charge is -2.39. The first kappa shape index (κ1) is 38.8. The van der Waals surface area contributed by atoms with E-state index in [2.05, 4.69) is 13.8 Å². The first-order valence-electron chi connectivity index (χ1n) is 16.4. The van der Waals surface area contributed by atoms with Gasteiger partial charge in [0.1, 0.15) is 11.4 Å². The van der Waals surface area contributed by atoms with Crippen LogP contribution >= 0.6 is 0 Å². The molecular weight excluding hydrogens is 508 g/mol. The molecule has 6 nitrogen and oxygen atoms in total. The fourth-order valence-corrected chi connectivity index (χ4v) is 6.40. The zero-order valence-electron chi connectivity index (χ0n) is 27.5. The largest absolute Gasteiger partial charge is 0.403 e. The van der Waals surface area contributed by atoms with Gasteiger partial charge in [-0.1, -0.05) is 129 Å². The maximum atomic E-state index is 13.1. The molecule has 0 bridgehead atoms. The summed E-state index contributed by atoms with van der Waals surface area (Å²) in [7, 11) is 3.31. The Morgan fingerprint density at radius 3 is 0.923 bits per heavy atom. The summed E-state index contributed by atoms with van der Waals surface area (Å²) >= 11 is 0. The summed E-state index contributed by atoms with van der Waals surface area (Å²) < 4.78 is 37.8. The number of unbranched alkanes of at least 4 members (excludes halogenated alkanes) is 18. The molecule has 0 aliphatic heterocycles. The van der Waals surface area contributed by atoms with E-state index in [-0.39, 0.29) is 0 Å². The molecule has 39 heavy (non-hydrogen) atoms. The van der Waals surface area contributed by atoms with Gasteiger partial charge in [0.25, 0.3) is 0 Å². The molecule has 7 heteroatoms. The van der Waals surface area contributed by atoms with Crippen LogP contribution in [0.3, 0.4) is 0 Å². The van der Waals surface area contributed by atoms with Crippen LogP contribution in [0.15, 0.2) is 0 Å². The molecule has 0 saturated carbocycles. The second kappa shape index (κ2) is 22.4. The smallest absolute Gasteiger partial charge is 0.281 e. The van der Waals surface area contributed by atoms with Crippen LogP contribution in [0.2, 0.25) is 0 Å². The van der Waals surface area contributed by atoms with E-state index in [9.17, 15) is 8.42 Å². The topological polar surface area (TPSA) is 59.1 Å². The first-order chi connectivity index (χ1) is 18.4. The summed E-state index contributed by atoms with van der Waals surface area (Å²) in [6.07, 6.45) is 26.2. The van der Waals surface area contributed by atoms with Gasteiger partial charge in [0.05, 0.1) is 0 Å². The van der Waals surface area contributed by atoms with Crippen LogP contribution in [0, 0.1) is 0 Å². The molecule has 0 aromatic heterocycles. The van der Waals surface area contributed by atoms with Gasteiger partial charge < -0.3 is 0 Å². The highest BCUT2D eigenvalue weighted by Crippen LogP contribution is 2.30. The van der Waals surface area contributed by atoms with Crippen LogP contribution in [0.1, 0.15) is 169 Å². The number of rotatable bonds is 28. The van der Waals surface area contributed by atoms with Gasteiger partial charge in [-0.3, -0.25) is 9.80 Å². The number of hydrogen-bond acceptors (Lipinski definition) is 6. The zero-order chi connectivity index (χ0) is 29.6. The van der Waals surface area contributed by atoms with Gasteiger partial charge in [-0.15, -0.1) is 0 Å². The fraction of sp³-hybridized carbons (Fsp3) is 1.00. The van der Waals surface area contributed by atoms with Crippen LogP contribution in [0.4, 0.5) is 0 Å². The van der Waals surface area contributed by atoms with Crippen LogP contribution in [-0.4, -0.2) is 57.9 Å². The van der Waals surface area contributed by atoms with Crippen molar-refractivity contribution in [3.05, 3.63) is 0 Å². The minimum atomic E-state index is -4.20. The zero-order valence-corrected chi connectivity index (χ0v) is 28.3. The average molecular weight is 577 g/mol. The molecule has 0 aromatic carbocycles. The van der Waals surface area contributed by atoms with Crippen LogP contribution < -0.4 is 0 Å². The SMILES string of the molecule is CCCCCCCCCCCCC(C)(OS(=O)(=O)OC(C)(CCCCCCCCCCCC)N(C)C)N(C)C. The highest BCUT2D eigenvalue weighted by Gasteiger charge is 2.40. The third kappa shape index (κ3) is 19.5. The molecule has 0 aromatic rings. The van der Waals surface area contributed by atoms with Crippen molar-refractivity contribution in [2.45, 2.75) is 180 Å². The molecule has 0 fully saturated rings. The minimum absolute atomic E-state index is 0.649. The van der Waals surface area contributed by atoms with Crippen LogP contribution in [0.25, 0.3) is 0 Å². The van der Waals surface area contributed by atoms with Gasteiger partial charge in [0.2, 0.25) is 0 Å². The first-order valence-corrected chi connectivity index (χ1v) is 17.8. The highest BCUT2D eigenvalue weighted by molar-refractivity contribution is 7.81. The molecule has 2 unspecified atom stereocenters. The van der Waals surface area contributed by atoms with Gasteiger partial charge >= 0.3 is 10.4 Å². The Kier molecular flexibility index (Phi) is 22.3. The molecule has 0 rings (SSSR count). The standard InChI is InChI=1S/C32H68N2O4S/c1-9-11-13-15-17-19-21-23-25-27-29-31(3,33(5)6)37-39(35,36)38-32(4,34(7)8)30-28-26-24-22-20-18-16-14-12-10-2/h9-30H2,1-8H3. The van der Waals surface area contributed by atoms with Crippen molar-refractivity contribution >= 4 is 10.4 Å². The normalized spacial score (nSPS) is 15.6. The van der Waals surface area contributed by atoms with E-state index in [1.165, 1.54) is 103 Å². The molecule has 0 amide bonds. The van der Waals surface area contributed by atoms with Crippen molar-refractivity contribution < 1.29 is 16.8 Å². The molecular formula is C32H68N2O4S. The summed E-state index contributed by atoms with van der Waals surface area (Å²) in [4.78, 5) is 3.72. The van der Waals surface area contributed by atoms with E-state index in [4.69, 9.17) is 8.37 Å². The van der Waals surface area contributed by atoms with E-state index in [1.807, 2.05) is 51.8 Å². The van der Waals surface area contributed by atoms with Gasteiger partial charge in [-0.25, -0.2) is 8.37 Å². The molecule has 236 valence electrons. The predicted octanol–water partition coefficient (Wildman–Crippen LogP) is 9.44.